The fraction of sp³-hybridized carbons (Fsp3) is 0.0714. The number of benzene rings is 2. The molecule has 0 amide bonds. The summed E-state index contributed by atoms with van der Waals surface area (Å²) in [7, 11) is 1.59. The summed E-state index contributed by atoms with van der Waals surface area (Å²) < 4.78 is 10.7. The number of ether oxygens (including phenoxy) is 1. The number of methoxy groups -OCH3 is 1. The van der Waals surface area contributed by atoms with Crippen LogP contribution in [0.4, 0.5) is 17.4 Å². The van der Waals surface area contributed by atoms with Gasteiger partial charge in [0.05, 0.1) is 23.5 Å². The Morgan fingerprint density at radius 3 is 2.90 bits per heavy atom. The summed E-state index contributed by atoms with van der Waals surface area (Å²) in [5.41, 5.74) is 8.29. The van der Waals surface area contributed by atoms with Gasteiger partial charge in [0.1, 0.15) is 11.3 Å². The van der Waals surface area contributed by atoms with Crippen LogP contribution in [0.3, 0.4) is 0 Å². The lowest BCUT2D eigenvalue weighted by molar-refractivity contribution is 0.415. The molecule has 5 nitrogen and oxygen atoms in total. The molecule has 0 atom stereocenters. The molecule has 3 aromatic rings. The summed E-state index contributed by atoms with van der Waals surface area (Å²) in [4.78, 5) is 4.30. The number of nitrogen functional groups attached to an aromatic ring is 1. The van der Waals surface area contributed by atoms with E-state index in [0.717, 1.165) is 0 Å². The fourth-order valence-electron chi connectivity index (χ4n) is 1.87. The Morgan fingerprint density at radius 1 is 1.30 bits per heavy atom. The van der Waals surface area contributed by atoms with E-state index in [4.69, 9.17) is 26.5 Å². The van der Waals surface area contributed by atoms with Gasteiger partial charge in [0.2, 0.25) is 0 Å². The third-order valence-corrected chi connectivity index (χ3v) is 3.19. The van der Waals surface area contributed by atoms with Crippen LogP contribution in [-0.2, 0) is 0 Å². The molecule has 0 fully saturated rings. The predicted molar refractivity (Wildman–Crippen MR) is 79.7 cm³/mol. The van der Waals surface area contributed by atoms with Crippen molar-refractivity contribution in [2.75, 3.05) is 18.2 Å². The number of halogens is 1. The van der Waals surface area contributed by atoms with E-state index in [1.807, 2.05) is 6.07 Å². The molecule has 0 bridgehead atoms. The molecule has 2 aromatic carbocycles. The number of aromatic nitrogens is 1. The molecule has 0 aliphatic carbocycles. The van der Waals surface area contributed by atoms with E-state index in [-0.39, 0.29) is 0 Å². The average Bonchev–Trinajstić information content (AvgIpc) is 2.85. The quantitative estimate of drug-likeness (QED) is 0.717. The number of nitrogens with zero attached hydrogens (tertiary/aromatic N) is 1. The van der Waals surface area contributed by atoms with Crippen LogP contribution in [0, 0.1) is 0 Å². The van der Waals surface area contributed by atoms with Gasteiger partial charge in [0, 0.05) is 6.07 Å². The maximum Gasteiger partial charge on any atom is 0.300 e. The summed E-state index contributed by atoms with van der Waals surface area (Å²) in [5.74, 6) is 0.688. The maximum absolute atomic E-state index is 6.12. The van der Waals surface area contributed by atoms with Crippen molar-refractivity contribution in [1.29, 1.82) is 0 Å². The first kappa shape index (κ1) is 12.6. The summed E-state index contributed by atoms with van der Waals surface area (Å²) in [6.45, 7) is 0. The van der Waals surface area contributed by atoms with Gasteiger partial charge in [-0.05, 0) is 24.3 Å². The van der Waals surface area contributed by atoms with Crippen LogP contribution in [0.25, 0.3) is 11.1 Å². The Bertz CT molecular complexity index is 770. The second-order valence-corrected chi connectivity index (χ2v) is 4.59. The molecule has 0 saturated carbocycles. The molecular weight excluding hydrogens is 278 g/mol. The van der Waals surface area contributed by atoms with Crippen LogP contribution >= 0.6 is 11.6 Å². The SMILES string of the molecule is COc1ccc(Cl)c(Nc2nc3c(N)cccc3o2)c1. The number of rotatable bonds is 3. The van der Waals surface area contributed by atoms with Gasteiger partial charge in [-0.2, -0.15) is 4.98 Å². The molecule has 0 spiro atoms. The molecule has 3 rings (SSSR count). The Morgan fingerprint density at radius 2 is 2.15 bits per heavy atom. The highest BCUT2D eigenvalue weighted by atomic mass is 35.5. The number of para-hydroxylation sites is 1. The zero-order valence-electron chi connectivity index (χ0n) is 10.7. The maximum atomic E-state index is 6.12. The zero-order chi connectivity index (χ0) is 14.1. The van der Waals surface area contributed by atoms with Crippen molar-refractivity contribution in [3.8, 4) is 5.75 Å². The molecule has 0 unspecified atom stereocenters. The monoisotopic (exact) mass is 289 g/mol. The largest absolute Gasteiger partial charge is 0.497 e. The van der Waals surface area contributed by atoms with Gasteiger partial charge in [0.25, 0.3) is 6.01 Å². The van der Waals surface area contributed by atoms with Crippen molar-refractivity contribution in [3.05, 3.63) is 41.4 Å². The molecule has 102 valence electrons. The Hall–Kier alpha value is -2.40. The van der Waals surface area contributed by atoms with E-state index in [2.05, 4.69) is 10.3 Å². The van der Waals surface area contributed by atoms with Crippen LogP contribution in [0.1, 0.15) is 0 Å². The third kappa shape index (κ3) is 2.23. The summed E-state index contributed by atoms with van der Waals surface area (Å²) in [6.07, 6.45) is 0. The normalized spacial score (nSPS) is 10.7. The molecule has 0 saturated heterocycles. The standard InChI is InChI=1S/C14H12ClN3O2/c1-19-8-5-6-9(15)11(7-8)17-14-18-13-10(16)3-2-4-12(13)20-14/h2-7H,16H2,1H3,(H,17,18). The Balaban J connectivity index is 1.99. The minimum absolute atomic E-state index is 0.327. The lowest BCUT2D eigenvalue weighted by atomic mass is 10.3. The number of hydrogen-bond acceptors (Lipinski definition) is 5. The van der Waals surface area contributed by atoms with Gasteiger partial charge in [-0.25, -0.2) is 0 Å². The Kier molecular flexibility index (Phi) is 3.12. The number of anilines is 3. The molecule has 0 aliphatic rings. The highest BCUT2D eigenvalue weighted by Gasteiger charge is 2.10. The average molecular weight is 290 g/mol. The molecular formula is C14H12ClN3O2. The van der Waals surface area contributed by atoms with Gasteiger partial charge in [-0.1, -0.05) is 17.7 Å². The van der Waals surface area contributed by atoms with Crippen LogP contribution in [0.5, 0.6) is 5.75 Å². The Labute approximate surface area is 120 Å². The number of hydrogen-bond donors (Lipinski definition) is 2. The second kappa shape index (κ2) is 4.94. The van der Waals surface area contributed by atoms with Crippen molar-refractivity contribution in [2.45, 2.75) is 0 Å². The van der Waals surface area contributed by atoms with Crippen molar-refractivity contribution < 1.29 is 9.15 Å². The van der Waals surface area contributed by atoms with Crippen molar-refractivity contribution >= 4 is 40.1 Å². The van der Waals surface area contributed by atoms with E-state index in [1.165, 1.54) is 0 Å². The summed E-state index contributed by atoms with van der Waals surface area (Å²) in [5, 5.41) is 3.56. The van der Waals surface area contributed by atoms with Crippen molar-refractivity contribution in [1.82, 2.24) is 4.98 Å². The molecule has 1 aromatic heterocycles. The fourth-order valence-corrected chi connectivity index (χ4v) is 2.03. The highest BCUT2D eigenvalue weighted by molar-refractivity contribution is 6.33. The first-order chi connectivity index (χ1) is 9.67. The predicted octanol–water partition coefficient (Wildman–Crippen LogP) is 3.82. The van der Waals surface area contributed by atoms with Crippen molar-refractivity contribution in [2.24, 2.45) is 0 Å². The van der Waals surface area contributed by atoms with E-state index in [0.29, 0.717) is 39.3 Å². The van der Waals surface area contributed by atoms with Gasteiger partial charge >= 0.3 is 0 Å². The first-order valence-electron chi connectivity index (χ1n) is 5.93. The highest BCUT2D eigenvalue weighted by Crippen LogP contribution is 2.31. The number of oxazole rings is 1. The van der Waals surface area contributed by atoms with E-state index in [9.17, 15) is 0 Å². The topological polar surface area (TPSA) is 73.3 Å². The molecule has 6 heteroatoms. The van der Waals surface area contributed by atoms with Gasteiger partial charge in [-0.15, -0.1) is 0 Å². The molecule has 0 aliphatic heterocycles. The zero-order valence-corrected chi connectivity index (χ0v) is 11.4. The molecule has 20 heavy (non-hydrogen) atoms. The van der Waals surface area contributed by atoms with Crippen molar-refractivity contribution in [3.63, 3.8) is 0 Å². The summed E-state index contributed by atoms with van der Waals surface area (Å²) in [6, 6.07) is 11.0. The number of fused-ring (bicyclic) bond motifs is 1. The minimum atomic E-state index is 0.327. The molecule has 3 N–H and O–H groups in total. The van der Waals surface area contributed by atoms with Crippen LogP contribution in [0.15, 0.2) is 40.8 Å². The first-order valence-corrected chi connectivity index (χ1v) is 6.31. The number of nitrogens with two attached hydrogens (primary N) is 1. The van der Waals surface area contributed by atoms with E-state index in [1.54, 1.807) is 37.4 Å². The van der Waals surface area contributed by atoms with Crippen LogP contribution in [-0.4, -0.2) is 12.1 Å². The van der Waals surface area contributed by atoms with E-state index < -0.39 is 0 Å². The van der Waals surface area contributed by atoms with Gasteiger partial charge < -0.3 is 20.2 Å². The number of nitrogens with one attached hydrogen (secondary N) is 1. The van der Waals surface area contributed by atoms with Gasteiger partial charge in [-0.3, -0.25) is 0 Å². The van der Waals surface area contributed by atoms with Crippen LogP contribution in [0.2, 0.25) is 5.02 Å². The smallest absolute Gasteiger partial charge is 0.300 e. The second-order valence-electron chi connectivity index (χ2n) is 4.18. The van der Waals surface area contributed by atoms with E-state index >= 15 is 0 Å². The van der Waals surface area contributed by atoms with Gasteiger partial charge in [0.15, 0.2) is 5.58 Å². The lowest BCUT2D eigenvalue weighted by Gasteiger charge is -2.06. The summed E-state index contributed by atoms with van der Waals surface area (Å²) >= 11 is 6.12. The third-order valence-electron chi connectivity index (χ3n) is 2.87. The molecule has 0 radical (unpaired) electrons. The molecule has 1 heterocycles. The minimum Gasteiger partial charge on any atom is -0.497 e. The van der Waals surface area contributed by atoms with Crippen LogP contribution < -0.4 is 15.8 Å². The lowest BCUT2D eigenvalue weighted by Crippen LogP contribution is -1.93.